The molecule has 0 aliphatic carbocycles. The number of thiazole rings is 1. The highest BCUT2D eigenvalue weighted by Gasteiger charge is 2.27. The third-order valence-electron chi connectivity index (χ3n) is 3.24. The minimum atomic E-state index is -0.716. The smallest absolute Gasteiger partial charge is 0.231 e. The van der Waals surface area contributed by atoms with E-state index in [1.54, 1.807) is 0 Å². The Kier molecular flexibility index (Phi) is 7.82. The lowest BCUT2D eigenvalue weighted by molar-refractivity contribution is -0.121. The molecule has 0 N–H and O–H groups in total. The molecule has 2 aromatic rings. The maximum absolute atomic E-state index is 13.4. The lowest BCUT2D eigenvalue weighted by atomic mass is 10.1. The van der Waals surface area contributed by atoms with Crippen LogP contribution in [-0.4, -0.2) is 34.8 Å². The van der Waals surface area contributed by atoms with Gasteiger partial charge in [0.05, 0.1) is 12.1 Å². The fourth-order valence-electron chi connectivity index (χ4n) is 2.01. The predicted octanol–water partition coefficient (Wildman–Crippen LogP) is 4.56. The van der Waals surface area contributed by atoms with E-state index in [2.05, 4.69) is 58.6 Å². The molecule has 10 nitrogen and oxygen atoms in total. The third-order valence-corrected chi connectivity index (χ3v) is 5.62. The number of anilines is 1. The molecular weight excluding hydrogens is 461 g/mol. The summed E-state index contributed by atoms with van der Waals surface area (Å²) in [7, 11) is 0. The number of nitrogens with zero attached hydrogens (tertiary/aromatic N) is 9. The molecule has 0 fully saturated rings. The first-order valence-electron chi connectivity index (χ1n) is 7.23. The van der Waals surface area contributed by atoms with Gasteiger partial charge in [-0.05, 0) is 33.1 Å². The van der Waals surface area contributed by atoms with Gasteiger partial charge in [0.2, 0.25) is 5.91 Å². The highest BCUT2D eigenvalue weighted by Crippen LogP contribution is 2.38. The van der Waals surface area contributed by atoms with Crippen LogP contribution in [0.4, 0.5) is 9.39 Å². The normalized spacial score (nSPS) is 11.2. The highest BCUT2D eigenvalue weighted by molar-refractivity contribution is 9.10. The summed E-state index contributed by atoms with van der Waals surface area (Å²) in [5.41, 5.74) is 17.5. The van der Waals surface area contributed by atoms with Crippen LogP contribution < -0.4 is 4.90 Å². The van der Waals surface area contributed by atoms with Gasteiger partial charge in [-0.2, -0.15) is 12.6 Å². The van der Waals surface area contributed by atoms with Crippen molar-refractivity contribution in [2.75, 3.05) is 23.9 Å². The van der Waals surface area contributed by atoms with Gasteiger partial charge in [-0.3, -0.25) is 14.7 Å². The minimum absolute atomic E-state index is 0.0945. The quantitative estimate of drug-likeness (QED) is 0.260. The number of azide groups is 2. The number of aromatic nitrogens is 2. The topological polar surface area (TPSA) is 144 Å². The SMILES string of the molecule is [N-]=[N+]=NCC(CS)C(=O)N(CN=[N+]=[N-])c1sc(-c2cncc(F)c2)nc1Br. The minimum Gasteiger partial charge on any atom is -0.295 e. The predicted molar refractivity (Wildman–Crippen MR) is 106 cm³/mol. The number of halogens is 2. The number of carbonyl (C=O) groups excluding carboxylic acids is 1. The Balaban J connectivity index is 2.43. The number of carbonyl (C=O) groups is 1. The van der Waals surface area contributed by atoms with Crippen molar-refractivity contribution in [1.29, 1.82) is 0 Å². The van der Waals surface area contributed by atoms with Gasteiger partial charge in [0, 0.05) is 33.9 Å². The number of amides is 1. The van der Waals surface area contributed by atoms with Crippen molar-refractivity contribution in [3.8, 4) is 10.6 Å². The van der Waals surface area contributed by atoms with E-state index in [0.29, 0.717) is 20.2 Å². The van der Waals surface area contributed by atoms with Crippen molar-refractivity contribution >= 4 is 50.8 Å². The van der Waals surface area contributed by atoms with Gasteiger partial charge in [-0.25, -0.2) is 9.37 Å². The Bertz CT molecular complexity index is 926. The molecule has 0 aliphatic heterocycles. The molecule has 1 unspecified atom stereocenters. The molecule has 2 heterocycles. The molecule has 0 aliphatic rings. The summed E-state index contributed by atoms with van der Waals surface area (Å²) in [6.45, 7) is -0.389. The number of hydrogen-bond donors (Lipinski definition) is 1. The summed E-state index contributed by atoms with van der Waals surface area (Å²) in [6, 6.07) is 1.26. The third kappa shape index (κ3) is 5.31. The lowest BCUT2D eigenvalue weighted by Gasteiger charge is -2.23. The zero-order chi connectivity index (χ0) is 19.8. The first kappa shape index (κ1) is 20.9. The molecule has 0 radical (unpaired) electrons. The fourth-order valence-corrected chi connectivity index (χ4v) is 3.97. The fraction of sp³-hybridized carbons (Fsp3) is 0.308. The molecule has 0 spiro atoms. The van der Waals surface area contributed by atoms with Gasteiger partial charge in [-0.15, -0.1) is 0 Å². The largest absolute Gasteiger partial charge is 0.295 e. The van der Waals surface area contributed by atoms with Gasteiger partial charge in [0.25, 0.3) is 0 Å². The molecule has 2 rings (SSSR count). The average molecular weight is 472 g/mol. The van der Waals surface area contributed by atoms with Crippen LogP contribution in [0.3, 0.4) is 0 Å². The molecule has 14 heteroatoms. The van der Waals surface area contributed by atoms with Crippen molar-refractivity contribution < 1.29 is 9.18 Å². The number of hydrogen-bond acceptors (Lipinski definition) is 7. The first-order chi connectivity index (χ1) is 13.0. The van der Waals surface area contributed by atoms with E-state index >= 15 is 0 Å². The van der Waals surface area contributed by atoms with Gasteiger partial charge in [0.1, 0.15) is 27.1 Å². The van der Waals surface area contributed by atoms with Crippen LogP contribution in [0.25, 0.3) is 31.5 Å². The second-order valence-corrected chi connectivity index (χ2v) is 7.03. The molecule has 0 saturated carbocycles. The summed E-state index contributed by atoms with van der Waals surface area (Å²) in [5.74, 6) is -1.56. The average Bonchev–Trinajstić information content (AvgIpc) is 3.04. The zero-order valence-corrected chi connectivity index (χ0v) is 16.8. The lowest BCUT2D eigenvalue weighted by Crippen LogP contribution is -2.38. The van der Waals surface area contributed by atoms with E-state index in [1.807, 2.05) is 0 Å². The van der Waals surface area contributed by atoms with Gasteiger partial charge in [0.15, 0.2) is 0 Å². The van der Waals surface area contributed by atoms with Crippen LogP contribution in [-0.2, 0) is 4.79 Å². The summed E-state index contributed by atoms with van der Waals surface area (Å²) in [5, 5.41) is 7.64. The van der Waals surface area contributed by atoms with Crippen LogP contribution in [0.15, 0.2) is 33.3 Å². The van der Waals surface area contributed by atoms with Gasteiger partial charge < -0.3 is 0 Å². The monoisotopic (exact) mass is 471 g/mol. The Hall–Kier alpha value is -2.37. The number of rotatable bonds is 8. The maximum Gasteiger partial charge on any atom is 0.231 e. The molecule has 1 amide bonds. The van der Waals surface area contributed by atoms with Crippen molar-refractivity contribution in [2.24, 2.45) is 16.1 Å². The molecule has 2 aromatic heterocycles. The molecule has 140 valence electrons. The standard InChI is InChI=1S/C13H11BrFN9OS2/c14-10-13(27-11(21-10)7-1-9(15)4-18-2-7)24(6-20-23-17)12(25)8(5-26)3-19-22-16/h1-2,4,8,26H,3,5-6H2. The van der Waals surface area contributed by atoms with Crippen molar-refractivity contribution in [1.82, 2.24) is 9.97 Å². The molecule has 27 heavy (non-hydrogen) atoms. The maximum atomic E-state index is 13.4. The highest BCUT2D eigenvalue weighted by atomic mass is 79.9. The van der Waals surface area contributed by atoms with Crippen LogP contribution in [0.5, 0.6) is 0 Å². The van der Waals surface area contributed by atoms with E-state index in [4.69, 9.17) is 11.1 Å². The van der Waals surface area contributed by atoms with Crippen molar-refractivity contribution in [3.05, 3.63) is 49.8 Å². The van der Waals surface area contributed by atoms with Gasteiger partial charge >= 0.3 is 0 Å². The van der Waals surface area contributed by atoms with Crippen molar-refractivity contribution in [3.63, 3.8) is 0 Å². The van der Waals surface area contributed by atoms with E-state index in [1.165, 1.54) is 17.2 Å². The molecule has 0 bridgehead atoms. The first-order valence-corrected chi connectivity index (χ1v) is 9.47. The molecule has 0 aromatic carbocycles. The Morgan fingerprint density at radius 1 is 1.41 bits per heavy atom. The number of pyridine rings is 1. The second kappa shape index (κ2) is 10.1. The summed E-state index contributed by atoms with van der Waals surface area (Å²) < 4.78 is 13.7. The van der Waals surface area contributed by atoms with E-state index in [-0.39, 0.29) is 19.0 Å². The van der Waals surface area contributed by atoms with Crippen LogP contribution >= 0.6 is 39.9 Å². The van der Waals surface area contributed by atoms with Crippen LogP contribution in [0.1, 0.15) is 0 Å². The summed E-state index contributed by atoms with van der Waals surface area (Å²) >= 11 is 8.48. The summed E-state index contributed by atoms with van der Waals surface area (Å²) in [4.78, 5) is 27.4. The van der Waals surface area contributed by atoms with Gasteiger partial charge in [-0.1, -0.05) is 21.6 Å². The zero-order valence-electron chi connectivity index (χ0n) is 13.5. The van der Waals surface area contributed by atoms with E-state index in [0.717, 1.165) is 17.5 Å². The van der Waals surface area contributed by atoms with E-state index in [9.17, 15) is 9.18 Å². The second-order valence-electron chi connectivity index (χ2n) is 4.94. The Morgan fingerprint density at radius 3 is 2.78 bits per heavy atom. The number of thiol groups is 1. The molecular formula is C13H11BrFN9OS2. The Morgan fingerprint density at radius 2 is 2.15 bits per heavy atom. The molecule has 0 saturated heterocycles. The van der Waals surface area contributed by atoms with Crippen LogP contribution in [0.2, 0.25) is 0 Å². The van der Waals surface area contributed by atoms with E-state index < -0.39 is 17.6 Å². The summed E-state index contributed by atoms with van der Waals surface area (Å²) in [6.07, 6.45) is 2.51. The van der Waals surface area contributed by atoms with Crippen LogP contribution in [0, 0.1) is 11.7 Å². The molecule has 1 atom stereocenters. The van der Waals surface area contributed by atoms with Crippen molar-refractivity contribution in [2.45, 2.75) is 0 Å². The Labute approximate surface area is 170 Å².